The van der Waals surface area contributed by atoms with Gasteiger partial charge in [-0.05, 0) is 42.7 Å². The molecule has 0 aliphatic heterocycles. The van der Waals surface area contributed by atoms with Crippen molar-refractivity contribution in [3.63, 3.8) is 0 Å². The molecule has 0 saturated heterocycles. The molecule has 0 bridgehead atoms. The third-order valence-electron chi connectivity index (χ3n) is 3.46. The molecule has 0 radical (unpaired) electrons. The Balaban J connectivity index is 2.07. The highest BCUT2D eigenvalue weighted by Crippen LogP contribution is 2.34. The number of methoxy groups -OCH3 is 1. The summed E-state index contributed by atoms with van der Waals surface area (Å²) in [4.78, 5) is 0. The fourth-order valence-corrected chi connectivity index (χ4v) is 2.75. The smallest absolute Gasteiger partial charge is 0.0613 e. The van der Waals surface area contributed by atoms with E-state index in [1.165, 1.54) is 30.4 Å². The van der Waals surface area contributed by atoms with Crippen LogP contribution in [0, 0.1) is 0 Å². The zero-order valence-corrected chi connectivity index (χ0v) is 9.99. The van der Waals surface area contributed by atoms with E-state index >= 15 is 0 Å². The van der Waals surface area contributed by atoms with Crippen LogP contribution >= 0.6 is 0 Å². The summed E-state index contributed by atoms with van der Waals surface area (Å²) in [6.45, 7) is 0.665. The molecule has 2 N–H and O–H groups in total. The summed E-state index contributed by atoms with van der Waals surface area (Å²) in [5, 5.41) is 0. The molecule has 2 heteroatoms. The molecule has 2 unspecified atom stereocenters. The lowest BCUT2D eigenvalue weighted by Crippen LogP contribution is -2.28. The molecule has 0 aromatic heterocycles. The number of nitrogens with two attached hydrogens (primary N) is 1. The molecule has 2 nitrogen and oxygen atoms in total. The minimum atomic E-state index is 0.168. The van der Waals surface area contributed by atoms with E-state index in [1.807, 2.05) is 0 Å². The van der Waals surface area contributed by atoms with Gasteiger partial charge in [0.1, 0.15) is 0 Å². The zero-order valence-electron chi connectivity index (χ0n) is 9.99. The molecule has 88 valence electrons. The molecule has 0 fully saturated rings. The molecule has 1 aliphatic carbocycles. The van der Waals surface area contributed by atoms with Gasteiger partial charge in [0.25, 0.3) is 0 Å². The second-order valence-electron chi connectivity index (χ2n) is 4.74. The third-order valence-corrected chi connectivity index (χ3v) is 3.46. The molecule has 2 atom stereocenters. The molecule has 0 saturated carbocycles. The van der Waals surface area contributed by atoms with Gasteiger partial charge in [-0.25, -0.2) is 0 Å². The van der Waals surface area contributed by atoms with Crippen LogP contribution in [0.15, 0.2) is 24.3 Å². The van der Waals surface area contributed by atoms with E-state index in [1.54, 1.807) is 7.11 Å². The van der Waals surface area contributed by atoms with Crippen molar-refractivity contribution in [2.75, 3.05) is 13.7 Å². The Morgan fingerprint density at radius 2 is 2.25 bits per heavy atom. The van der Waals surface area contributed by atoms with Crippen LogP contribution in [-0.4, -0.2) is 19.8 Å². The van der Waals surface area contributed by atoms with Crippen LogP contribution in [-0.2, 0) is 11.2 Å². The molecular formula is C14H21NO. The molecule has 1 aliphatic rings. The highest BCUT2D eigenvalue weighted by molar-refractivity contribution is 5.32. The number of ether oxygens (including phenoxy) is 1. The van der Waals surface area contributed by atoms with Gasteiger partial charge in [0.05, 0.1) is 6.61 Å². The van der Waals surface area contributed by atoms with E-state index in [9.17, 15) is 0 Å². The first kappa shape index (κ1) is 11.6. The van der Waals surface area contributed by atoms with Gasteiger partial charge in [-0.1, -0.05) is 24.3 Å². The van der Waals surface area contributed by atoms with Crippen LogP contribution in [0.3, 0.4) is 0 Å². The maximum atomic E-state index is 6.05. The van der Waals surface area contributed by atoms with E-state index in [4.69, 9.17) is 10.5 Å². The fourth-order valence-electron chi connectivity index (χ4n) is 2.75. The van der Waals surface area contributed by atoms with Crippen LogP contribution in [0.1, 0.15) is 36.3 Å². The van der Waals surface area contributed by atoms with Gasteiger partial charge in [0.2, 0.25) is 0 Å². The maximum Gasteiger partial charge on any atom is 0.0613 e. The van der Waals surface area contributed by atoms with Gasteiger partial charge in [-0.2, -0.15) is 0 Å². The van der Waals surface area contributed by atoms with Crippen LogP contribution in [0.25, 0.3) is 0 Å². The van der Waals surface area contributed by atoms with Crippen molar-refractivity contribution in [1.82, 2.24) is 0 Å². The highest BCUT2D eigenvalue weighted by Gasteiger charge is 2.21. The quantitative estimate of drug-likeness (QED) is 0.844. The lowest BCUT2D eigenvalue weighted by Gasteiger charge is -2.27. The molecular weight excluding hydrogens is 198 g/mol. The molecule has 2 rings (SSSR count). The van der Waals surface area contributed by atoms with Gasteiger partial charge >= 0.3 is 0 Å². The lowest BCUT2D eigenvalue weighted by atomic mass is 9.80. The number of aryl methyl sites for hydroxylation is 1. The summed E-state index contributed by atoms with van der Waals surface area (Å²) in [6, 6.07) is 8.96. The average molecular weight is 219 g/mol. The topological polar surface area (TPSA) is 35.2 Å². The lowest BCUT2D eigenvalue weighted by molar-refractivity contribution is 0.173. The summed E-state index contributed by atoms with van der Waals surface area (Å²) in [6.07, 6.45) is 4.84. The summed E-state index contributed by atoms with van der Waals surface area (Å²) >= 11 is 0. The second kappa shape index (κ2) is 5.46. The Morgan fingerprint density at radius 3 is 3.06 bits per heavy atom. The van der Waals surface area contributed by atoms with E-state index in [2.05, 4.69) is 24.3 Å². The normalized spacial score (nSPS) is 21.5. The summed E-state index contributed by atoms with van der Waals surface area (Å²) in [5.74, 6) is 0.634. The van der Waals surface area contributed by atoms with Gasteiger partial charge in [0, 0.05) is 13.2 Å². The molecule has 16 heavy (non-hydrogen) atoms. The van der Waals surface area contributed by atoms with Crippen molar-refractivity contribution >= 4 is 0 Å². The second-order valence-corrected chi connectivity index (χ2v) is 4.74. The Labute approximate surface area is 97.8 Å². The Bertz CT molecular complexity index is 337. The standard InChI is InChI=1S/C14H21NO/c1-16-10-13(15)9-12-7-4-6-11-5-2-3-8-14(11)12/h2-3,5,8,12-13H,4,6-7,9-10,15H2,1H3. The molecule has 0 amide bonds. The summed E-state index contributed by atoms with van der Waals surface area (Å²) in [7, 11) is 1.72. The predicted octanol–water partition coefficient (Wildman–Crippen LogP) is 2.47. The van der Waals surface area contributed by atoms with Crippen molar-refractivity contribution < 1.29 is 4.74 Å². The number of hydrogen-bond donors (Lipinski definition) is 1. The first-order valence-corrected chi connectivity index (χ1v) is 6.13. The largest absolute Gasteiger partial charge is 0.383 e. The van der Waals surface area contributed by atoms with E-state index in [-0.39, 0.29) is 6.04 Å². The van der Waals surface area contributed by atoms with E-state index in [0.717, 1.165) is 6.42 Å². The summed E-state index contributed by atoms with van der Waals surface area (Å²) in [5.41, 5.74) is 9.08. The van der Waals surface area contributed by atoms with Crippen molar-refractivity contribution in [3.05, 3.63) is 35.4 Å². The van der Waals surface area contributed by atoms with Gasteiger partial charge < -0.3 is 10.5 Å². The predicted molar refractivity (Wildman–Crippen MR) is 66.6 cm³/mol. The zero-order chi connectivity index (χ0) is 11.4. The molecule has 1 aromatic carbocycles. The maximum absolute atomic E-state index is 6.05. The van der Waals surface area contributed by atoms with Crippen molar-refractivity contribution in [2.24, 2.45) is 5.73 Å². The number of rotatable bonds is 4. The van der Waals surface area contributed by atoms with Crippen LogP contribution < -0.4 is 5.73 Å². The van der Waals surface area contributed by atoms with Crippen molar-refractivity contribution in [1.29, 1.82) is 0 Å². The Hall–Kier alpha value is -0.860. The van der Waals surface area contributed by atoms with Crippen LogP contribution in [0.5, 0.6) is 0 Å². The minimum Gasteiger partial charge on any atom is -0.383 e. The first-order chi connectivity index (χ1) is 7.81. The molecule has 1 aromatic rings. The number of fused-ring (bicyclic) bond motifs is 1. The van der Waals surface area contributed by atoms with E-state index in [0.29, 0.717) is 12.5 Å². The van der Waals surface area contributed by atoms with E-state index < -0.39 is 0 Å². The molecule has 0 heterocycles. The minimum absolute atomic E-state index is 0.168. The fraction of sp³-hybridized carbons (Fsp3) is 0.571. The average Bonchev–Trinajstić information content (AvgIpc) is 2.30. The SMILES string of the molecule is COCC(N)CC1CCCc2ccccc21. The van der Waals surface area contributed by atoms with Crippen LogP contribution in [0.2, 0.25) is 0 Å². The van der Waals surface area contributed by atoms with Gasteiger partial charge in [-0.3, -0.25) is 0 Å². The first-order valence-electron chi connectivity index (χ1n) is 6.13. The third kappa shape index (κ3) is 2.63. The van der Waals surface area contributed by atoms with Gasteiger partial charge in [0.15, 0.2) is 0 Å². The number of benzene rings is 1. The van der Waals surface area contributed by atoms with Crippen LogP contribution in [0.4, 0.5) is 0 Å². The van der Waals surface area contributed by atoms with Crippen molar-refractivity contribution in [2.45, 2.75) is 37.6 Å². The monoisotopic (exact) mass is 219 g/mol. The Morgan fingerprint density at radius 1 is 1.44 bits per heavy atom. The summed E-state index contributed by atoms with van der Waals surface area (Å²) < 4.78 is 5.11. The highest BCUT2D eigenvalue weighted by atomic mass is 16.5. The Kier molecular flexibility index (Phi) is 3.97. The van der Waals surface area contributed by atoms with Gasteiger partial charge in [-0.15, -0.1) is 0 Å². The van der Waals surface area contributed by atoms with Crippen molar-refractivity contribution in [3.8, 4) is 0 Å². The number of hydrogen-bond acceptors (Lipinski definition) is 2. The molecule has 0 spiro atoms.